The van der Waals surface area contributed by atoms with E-state index in [2.05, 4.69) is 0 Å². The zero-order valence-electron chi connectivity index (χ0n) is 19.2. The Hall–Kier alpha value is -4.26. The average molecular weight is 475 g/mol. The third kappa shape index (κ3) is 6.20. The Kier molecular flexibility index (Phi) is 7.35. The van der Waals surface area contributed by atoms with Gasteiger partial charge in [-0.3, -0.25) is 9.59 Å². The normalized spacial score (nSPS) is 10.7. The van der Waals surface area contributed by atoms with Crippen molar-refractivity contribution in [2.24, 2.45) is 0 Å². The quantitative estimate of drug-likeness (QED) is 0.334. The van der Waals surface area contributed by atoms with E-state index in [0.717, 1.165) is 5.56 Å². The molecule has 0 atom stereocenters. The highest BCUT2D eigenvalue weighted by atomic mass is 19.1. The van der Waals surface area contributed by atoms with Gasteiger partial charge in [0.05, 0.1) is 25.8 Å². The molecule has 178 valence electrons. The summed E-state index contributed by atoms with van der Waals surface area (Å²) in [5, 5.41) is 0. The summed E-state index contributed by atoms with van der Waals surface area (Å²) in [6, 6.07) is 22.0. The average Bonchev–Trinajstić information content (AvgIpc) is 3.36. The summed E-state index contributed by atoms with van der Waals surface area (Å²) < 4.78 is 32.5. The van der Waals surface area contributed by atoms with E-state index in [1.807, 2.05) is 6.07 Å². The minimum absolute atomic E-state index is 0.111. The van der Waals surface area contributed by atoms with Crippen LogP contribution >= 0.6 is 0 Å². The van der Waals surface area contributed by atoms with Crippen molar-refractivity contribution in [3.63, 3.8) is 0 Å². The van der Waals surface area contributed by atoms with Crippen LogP contribution < -0.4 is 4.90 Å². The van der Waals surface area contributed by atoms with Crippen LogP contribution in [0.25, 0.3) is 0 Å². The molecule has 3 aromatic carbocycles. The van der Waals surface area contributed by atoms with Crippen LogP contribution in [0.3, 0.4) is 0 Å². The first-order valence-electron chi connectivity index (χ1n) is 11.1. The second kappa shape index (κ2) is 10.8. The highest BCUT2D eigenvalue weighted by Crippen LogP contribution is 2.23. The maximum Gasteiger partial charge on any atom is 0.258 e. The van der Waals surface area contributed by atoms with Gasteiger partial charge >= 0.3 is 0 Å². The predicted octanol–water partition coefficient (Wildman–Crippen LogP) is 5.61. The molecular formula is C28H24F2N2O3. The Morgan fingerprint density at radius 3 is 2.29 bits per heavy atom. The molecule has 4 aromatic rings. The summed E-state index contributed by atoms with van der Waals surface area (Å²) in [5.41, 5.74) is 2.15. The van der Waals surface area contributed by atoms with Crippen LogP contribution in [0.15, 0.2) is 95.6 Å². The van der Waals surface area contributed by atoms with Crippen molar-refractivity contribution < 1.29 is 22.8 Å². The van der Waals surface area contributed by atoms with Gasteiger partial charge in [0.15, 0.2) is 0 Å². The van der Waals surface area contributed by atoms with E-state index in [1.165, 1.54) is 35.2 Å². The Bertz CT molecular complexity index is 1300. The molecule has 0 aliphatic heterocycles. The molecule has 0 N–H and O–H groups in total. The van der Waals surface area contributed by atoms with Gasteiger partial charge in [0.1, 0.15) is 17.4 Å². The van der Waals surface area contributed by atoms with Gasteiger partial charge in [-0.2, -0.15) is 0 Å². The van der Waals surface area contributed by atoms with E-state index >= 15 is 0 Å². The zero-order chi connectivity index (χ0) is 24.8. The number of hydrogen-bond donors (Lipinski definition) is 0. The number of amides is 2. The molecule has 0 saturated heterocycles. The second-order valence-electron chi connectivity index (χ2n) is 8.20. The van der Waals surface area contributed by atoms with Crippen molar-refractivity contribution in [1.29, 1.82) is 0 Å². The van der Waals surface area contributed by atoms with Crippen LogP contribution in [0, 0.1) is 11.6 Å². The Morgan fingerprint density at radius 2 is 1.57 bits per heavy atom. The van der Waals surface area contributed by atoms with Gasteiger partial charge in [0.25, 0.3) is 5.91 Å². The Labute approximate surface area is 202 Å². The molecule has 0 fully saturated rings. The molecule has 0 unspecified atom stereocenters. The number of benzene rings is 3. The van der Waals surface area contributed by atoms with Crippen molar-refractivity contribution in [3.8, 4) is 0 Å². The van der Waals surface area contributed by atoms with Crippen molar-refractivity contribution in [2.75, 3.05) is 11.9 Å². The molecule has 1 heterocycles. The lowest BCUT2D eigenvalue weighted by molar-refractivity contribution is -0.129. The zero-order valence-corrected chi connectivity index (χ0v) is 19.2. The van der Waals surface area contributed by atoms with E-state index in [0.29, 0.717) is 23.6 Å². The summed E-state index contributed by atoms with van der Waals surface area (Å²) in [6.45, 7) is 0.492. The molecule has 0 radical (unpaired) electrons. The fraction of sp³-hybridized carbons (Fsp3) is 0.143. The number of anilines is 1. The van der Waals surface area contributed by atoms with Gasteiger partial charge in [-0.1, -0.05) is 30.3 Å². The molecule has 0 aliphatic rings. The van der Waals surface area contributed by atoms with Gasteiger partial charge in [-0.15, -0.1) is 0 Å². The summed E-state index contributed by atoms with van der Waals surface area (Å²) in [6.07, 6.45) is 1.69. The number of furan rings is 1. The van der Waals surface area contributed by atoms with E-state index < -0.39 is 11.7 Å². The molecule has 0 saturated carbocycles. The summed E-state index contributed by atoms with van der Waals surface area (Å²) >= 11 is 0. The van der Waals surface area contributed by atoms with Gasteiger partial charge < -0.3 is 14.2 Å². The number of carbonyl (C=O) groups is 2. The molecule has 7 heteroatoms. The Balaban J connectivity index is 1.59. The fourth-order valence-corrected chi connectivity index (χ4v) is 3.70. The van der Waals surface area contributed by atoms with Crippen molar-refractivity contribution in [2.45, 2.75) is 19.5 Å². The van der Waals surface area contributed by atoms with Crippen molar-refractivity contribution in [1.82, 2.24) is 4.90 Å². The molecule has 2 amide bonds. The Morgan fingerprint density at radius 1 is 0.800 bits per heavy atom. The van der Waals surface area contributed by atoms with Crippen LogP contribution in [0.5, 0.6) is 0 Å². The topological polar surface area (TPSA) is 53.8 Å². The molecule has 0 aliphatic carbocycles. The molecule has 0 bridgehead atoms. The molecule has 0 spiro atoms. The monoisotopic (exact) mass is 474 g/mol. The largest absolute Gasteiger partial charge is 0.467 e. The van der Waals surface area contributed by atoms with E-state index in [-0.39, 0.29) is 30.3 Å². The highest BCUT2D eigenvalue weighted by Gasteiger charge is 2.20. The number of nitrogens with zero attached hydrogens (tertiary/aromatic N) is 2. The highest BCUT2D eigenvalue weighted by molar-refractivity contribution is 6.06. The number of likely N-dealkylation sites (N-methyl/N-ethyl adjacent to an activating group) is 1. The number of hydrogen-bond acceptors (Lipinski definition) is 3. The van der Waals surface area contributed by atoms with Crippen LogP contribution in [-0.2, 0) is 24.3 Å². The minimum atomic E-state index is -0.517. The molecule has 5 nitrogen and oxygen atoms in total. The summed E-state index contributed by atoms with van der Waals surface area (Å²) in [4.78, 5) is 29.2. The summed E-state index contributed by atoms with van der Waals surface area (Å²) in [5.74, 6) is -0.736. The van der Waals surface area contributed by atoms with Crippen LogP contribution in [0.4, 0.5) is 14.5 Å². The van der Waals surface area contributed by atoms with Crippen molar-refractivity contribution in [3.05, 3.63) is 125 Å². The van der Waals surface area contributed by atoms with Crippen LogP contribution in [0.1, 0.15) is 27.2 Å². The lowest BCUT2D eigenvalue weighted by Crippen LogP contribution is -2.31. The van der Waals surface area contributed by atoms with E-state index in [9.17, 15) is 18.4 Å². The molecule has 4 rings (SSSR count). The number of halogens is 2. The molecule has 35 heavy (non-hydrogen) atoms. The van der Waals surface area contributed by atoms with Crippen LogP contribution in [0.2, 0.25) is 0 Å². The van der Waals surface area contributed by atoms with Crippen LogP contribution in [-0.4, -0.2) is 23.8 Å². The number of carbonyl (C=O) groups excluding carboxylic acids is 2. The predicted molar refractivity (Wildman–Crippen MR) is 129 cm³/mol. The fourth-order valence-electron chi connectivity index (χ4n) is 3.70. The first kappa shape index (κ1) is 23.9. The smallest absolute Gasteiger partial charge is 0.258 e. The maximum absolute atomic E-state index is 13.8. The lowest BCUT2D eigenvalue weighted by Gasteiger charge is -2.24. The SMILES string of the molecule is CN(Cc1ccco1)C(=O)Cc1cccc(N(Cc2ccc(F)cc2)C(=O)c2cccc(F)c2)c1. The molecular weight excluding hydrogens is 450 g/mol. The first-order valence-corrected chi connectivity index (χ1v) is 11.1. The third-order valence-corrected chi connectivity index (χ3v) is 5.55. The van der Waals surface area contributed by atoms with Crippen molar-refractivity contribution >= 4 is 17.5 Å². The lowest BCUT2D eigenvalue weighted by atomic mass is 10.1. The third-order valence-electron chi connectivity index (χ3n) is 5.55. The van der Waals surface area contributed by atoms with E-state index in [1.54, 1.807) is 66.7 Å². The van der Waals surface area contributed by atoms with Gasteiger partial charge in [0.2, 0.25) is 5.91 Å². The minimum Gasteiger partial charge on any atom is -0.467 e. The number of rotatable bonds is 8. The standard InChI is InChI=1S/C28H24F2N2O3/c1-31(19-26-9-4-14-35-26)27(33)16-21-5-2-8-25(15-21)32(18-20-10-12-23(29)13-11-20)28(34)22-6-3-7-24(30)17-22/h2-15,17H,16,18-19H2,1H3. The first-order chi connectivity index (χ1) is 16.9. The maximum atomic E-state index is 13.8. The second-order valence-corrected chi connectivity index (χ2v) is 8.20. The van der Waals surface area contributed by atoms with Gasteiger partial charge in [-0.25, -0.2) is 8.78 Å². The van der Waals surface area contributed by atoms with E-state index in [4.69, 9.17) is 4.42 Å². The van der Waals surface area contributed by atoms with Gasteiger partial charge in [0, 0.05) is 18.3 Å². The summed E-state index contributed by atoms with van der Waals surface area (Å²) in [7, 11) is 1.70. The van der Waals surface area contributed by atoms with Gasteiger partial charge in [-0.05, 0) is 65.7 Å². The molecule has 1 aromatic heterocycles.